The van der Waals surface area contributed by atoms with Crippen LogP contribution in [0.5, 0.6) is 0 Å². The van der Waals surface area contributed by atoms with Gasteiger partial charge in [0.05, 0.1) is 18.0 Å². The van der Waals surface area contributed by atoms with Crippen molar-refractivity contribution in [2.24, 2.45) is 5.41 Å². The highest BCUT2D eigenvalue weighted by molar-refractivity contribution is 8.15. The molecule has 0 aromatic rings. The van der Waals surface area contributed by atoms with Crippen molar-refractivity contribution in [3.05, 3.63) is 0 Å². The van der Waals surface area contributed by atoms with E-state index in [1.165, 1.54) is 0 Å². The van der Waals surface area contributed by atoms with E-state index in [4.69, 9.17) is 20.9 Å². The van der Waals surface area contributed by atoms with Gasteiger partial charge in [0.25, 0.3) is 0 Å². The Morgan fingerprint density at radius 2 is 1.79 bits per heavy atom. The fraction of sp³-hybridized carbons (Fsp3) is 1.00. The zero-order valence-electron chi connectivity index (χ0n) is 8.03. The van der Waals surface area contributed by atoms with Gasteiger partial charge in [-0.1, -0.05) is 6.92 Å². The minimum atomic E-state index is -3.59. The van der Waals surface area contributed by atoms with Crippen LogP contribution >= 0.6 is 10.7 Å². The monoisotopic (exact) mass is 242 g/mol. The summed E-state index contributed by atoms with van der Waals surface area (Å²) >= 11 is 0. The number of rotatable bonds is 5. The predicted molar refractivity (Wildman–Crippen MR) is 53.6 cm³/mol. The van der Waals surface area contributed by atoms with Gasteiger partial charge in [0, 0.05) is 16.1 Å². The van der Waals surface area contributed by atoms with Crippen molar-refractivity contribution in [1.29, 1.82) is 0 Å². The summed E-state index contributed by atoms with van der Waals surface area (Å²) in [6, 6.07) is 0. The van der Waals surface area contributed by atoms with E-state index in [0.717, 1.165) is 0 Å². The number of aliphatic hydroxyl groups is 2. The van der Waals surface area contributed by atoms with Gasteiger partial charge in [-0.3, -0.25) is 0 Å². The molecular formula is C8H15ClO4S. The normalized spacial score (nSPS) is 20.9. The molecule has 0 aromatic heterocycles. The molecule has 4 nitrogen and oxygen atoms in total. The first-order valence-corrected chi connectivity index (χ1v) is 6.75. The van der Waals surface area contributed by atoms with Gasteiger partial charge in [-0.2, -0.15) is 0 Å². The Balaban J connectivity index is 2.79. The minimum Gasteiger partial charge on any atom is -0.396 e. The highest BCUT2D eigenvalue weighted by Gasteiger charge is 2.56. The molecule has 1 aliphatic rings. The summed E-state index contributed by atoms with van der Waals surface area (Å²) in [7, 11) is 1.72. The standard InChI is InChI=1S/C8H15ClO4S/c1-7(5-10,6-11)4-8(2-3-8)14(9,12)13/h10-11H,2-6H2,1H3. The Kier molecular flexibility index (Phi) is 3.17. The van der Waals surface area contributed by atoms with E-state index in [-0.39, 0.29) is 19.6 Å². The van der Waals surface area contributed by atoms with Gasteiger partial charge >= 0.3 is 0 Å². The maximum Gasteiger partial charge on any atom is 0.238 e. The van der Waals surface area contributed by atoms with Gasteiger partial charge in [-0.05, 0) is 19.3 Å². The van der Waals surface area contributed by atoms with Crippen LogP contribution in [0.25, 0.3) is 0 Å². The van der Waals surface area contributed by atoms with E-state index in [1.54, 1.807) is 6.92 Å². The third-order valence-corrected chi connectivity index (χ3v) is 5.41. The lowest BCUT2D eigenvalue weighted by molar-refractivity contribution is 0.0604. The van der Waals surface area contributed by atoms with Crippen LogP contribution in [0.3, 0.4) is 0 Å². The number of halogens is 1. The molecular weight excluding hydrogens is 228 g/mol. The molecule has 0 spiro atoms. The largest absolute Gasteiger partial charge is 0.396 e. The predicted octanol–water partition coefficient (Wildman–Crippen LogP) is 0.469. The van der Waals surface area contributed by atoms with Crippen LogP contribution in [0.1, 0.15) is 26.2 Å². The molecule has 0 aromatic carbocycles. The number of hydrogen-bond acceptors (Lipinski definition) is 4. The topological polar surface area (TPSA) is 74.6 Å². The van der Waals surface area contributed by atoms with E-state index in [9.17, 15) is 8.42 Å². The lowest BCUT2D eigenvalue weighted by Crippen LogP contribution is -2.34. The maximum atomic E-state index is 11.2. The Bertz CT molecular complexity index is 303. The average molecular weight is 243 g/mol. The molecule has 1 saturated carbocycles. The second-order valence-electron chi connectivity index (χ2n) is 4.42. The molecule has 0 atom stereocenters. The molecule has 1 rings (SSSR count). The van der Waals surface area contributed by atoms with Crippen molar-refractivity contribution in [2.45, 2.75) is 30.9 Å². The van der Waals surface area contributed by atoms with Crippen molar-refractivity contribution >= 4 is 19.7 Å². The summed E-state index contributed by atoms with van der Waals surface area (Å²) in [5.41, 5.74) is -0.765. The fourth-order valence-corrected chi connectivity index (χ4v) is 3.32. The zero-order chi connectivity index (χ0) is 11.0. The fourth-order valence-electron chi connectivity index (χ4n) is 1.59. The number of hydrogen-bond donors (Lipinski definition) is 2. The first-order chi connectivity index (χ1) is 6.29. The first-order valence-electron chi connectivity index (χ1n) is 4.45. The van der Waals surface area contributed by atoms with Crippen LogP contribution in [0.2, 0.25) is 0 Å². The van der Waals surface area contributed by atoms with Gasteiger partial charge in [-0.25, -0.2) is 8.42 Å². The summed E-state index contributed by atoms with van der Waals surface area (Å²) in [6.45, 7) is 1.17. The lowest BCUT2D eigenvalue weighted by atomic mass is 9.86. The molecule has 2 N–H and O–H groups in total. The van der Waals surface area contributed by atoms with Gasteiger partial charge in [0.15, 0.2) is 0 Å². The minimum absolute atomic E-state index is 0.221. The van der Waals surface area contributed by atoms with Crippen molar-refractivity contribution in [2.75, 3.05) is 13.2 Å². The summed E-state index contributed by atoms with van der Waals surface area (Å²) < 4.78 is 21.5. The van der Waals surface area contributed by atoms with Crippen LogP contribution in [0.15, 0.2) is 0 Å². The molecule has 1 fully saturated rings. The summed E-state index contributed by atoms with van der Waals surface area (Å²) in [5.74, 6) is 0. The molecule has 6 heteroatoms. The highest BCUT2D eigenvalue weighted by atomic mass is 35.7. The summed E-state index contributed by atoms with van der Waals surface area (Å²) in [5, 5.41) is 18.1. The van der Waals surface area contributed by atoms with Crippen molar-refractivity contribution in [3.8, 4) is 0 Å². The zero-order valence-corrected chi connectivity index (χ0v) is 9.61. The van der Waals surface area contributed by atoms with Gasteiger partial charge in [0.2, 0.25) is 9.05 Å². The summed E-state index contributed by atoms with van der Waals surface area (Å²) in [6.07, 6.45) is 1.27. The second kappa shape index (κ2) is 3.63. The Morgan fingerprint density at radius 3 is 2.00 bits per heavy atom. The molecule has 14 heavy (non-hydrogen) atoms. The third kappa shape index (κ3) is 2.21. The molecule has 0 saturated heterocycles. The molecule has 84 valence electrons. The van der Waals surface area contributed by atoms with Crippen LogP contribution in [-0.2, 0) is 9.05 Å². The molecule has 0 amide bonds. The Labute approximate surface area is 88.3 Å². The van der Waals surface area contributed by atoms with E-state index in [1.807, 2.05) is 0 Å². The molecule has 0 unspecified atom stereocenters. The summed E-state index contributed by atoms with van der Waals surface area (Å²) in [4.78, 5) is 0. The highest BCUT2D eigenvalue weighted by Crippen LogP contribution is 2.52. The van der Waals surface area contributed by atoms with E-state index < -0.39 is 19.2 Å². The van der Waals surface area contributed by atoms with Crippen molar-refractivity contribution in [1.82, 2.24) is 0 Å². The van der Waals surface area contributed by atoms with Gasteiger partial charge in [-0.15, -0.1) is 0 Å². The van der Waals surface area contributed by atoms with Gasteiger partial charge in [0.1, 0.15) is 0 Å². The molecule has 0 aliphatic heterocycles. The van der Waals surface area contributed by atoms with Crippen LogP contribution in [0.4, 0.5) is 0 Å². The average Bonchev–Trinajstić information content (AvgIpc) is 2.84. The van der Waals surface area contributed by atoms with E-state index >= 15 is 0 Å². The molecule has 1 aliphatic carbocycles. The van der Waals surface area contributed by atoms with Gasteiger partial charge < -0.3 is 10.2 Å². The maximum absolute atomic E-state index is 11.2. The number of aliphatic hydroxyl groups excluding tert-OH is 2. The Morgan fingerprint density at radius 1 is 1.36 bits per heavy atom. The molecule has 0 heterocycles. The van der Waals surface area contributed by atoms with Crippen molar-refractivity contribution in [3.63, 3.8) is 0 Å². The Hall–Kier alpha value is 0.160. The molecule has 0 radical (unpaired) electrons. The van der Waals surface area contributed by atoms with Crippen LogP contribution in [-0.4, -0.2) is 36.6 Å². The van der Waals surface area contributed by atoms with E-state index in [0.29, 0.717) is 12.8 Å². The third-order valence-electron chi connectivity index (χ3n) is 2.84. The lowest BCUT2D eigenvalue weighted by Gasteiger charge is -2.28. The van der Waals surface area contributed by atoms with E-state index in [2.05, 4.69) is 0 Å². The quantitative estimate of drug-likeness (QED) is 0.688. The molecule has 0 bridgehead atoms. The first kappa shape index (κ1) is 12.2. The second-order valence-corrected chi connectivity index (χ2v) is 7.39. The SMILES string of the molecule is CC(CO)(CO)CC1(S(=O)(=O)Cl)CC1. The van der Waals surface area contributed by atoms with Crippen LogP contribution in [0, 0.1) is 5.41 Å². The van der Waals surface area contributed by atoms with Crippen molar-refractivity contribution < 1.29 is 18.6 Å². The smallest absolute Gasteiger partial charge is 0.238 e. The van der Waals surface area contributed by atoms with Crippen LogP contribution < -0.4 is 0 Å².